The monoisotopic (exact) mass is 404 g/mol. The lowest BCUT2D eigenvalue weighted by Crippen LogP contribution is -2.49. The number of nitrogens with zero attached hydrogens (tertiary/aromatic N) is 3. The molecule has 1 aliphatic heterocycles. The number of alkyl halides is 3. The van der Waals surface area contributed by atoms with E-state index in [2.05, 4.69) is 4.98 Å². The summed E-state index contributed by atoms with van der Waals surface area (Å²) < 4.78 is 70.6. The summed E-state index contributed by atoms with van der Waals surface area (Å²) in [7, 11) is -4.03. The van der Waals surface area contributed by atoms with Crippen LogP contribution in [0.4, 0.5) is 19.0 Å². The topological polar surface area (TPSA) is 110 Å². The van der Waals surface area contributed by atoms with Crippen LogP contribution < -0.4 is 10.6 Å². The average Bonchev–Trinajstić information content (AvgIpc) is 3.12. The summed E-state index contributed by atoms with van der Waals surface area (Å²) in [5.74, 6) is -1.44. The first-order chi connectivity index (χ1) is 12.6. The molecule has 0 unspecified atom stereocenters. The van der Waals surface area contributed by atoms with Crippen molar-refractivity contribution < 1.29 is 30.8 Å². The molecular formula is C15H15F3N4O4S. The fourth-order valence-electron chi connectivity index (χ4n) is 2.73. The highest BCUT2D eigenvalue weighted by Gasteiger charge is 2.37. The summed E-state index contributed by atoms with van der Waals surface area (Å²) in [6.07, 6.45) is -3.31. The molecule has 0 aromatic carbocycles. The van der Waals surface area contributed by atoms with Crippen LogP contribution in [0.3, 0.4) is 0 Å². The molecule has 0 bridgehead atoms. The van der Waals surface area contributed by atoms with Gasteiger partial charge in [-0.25, -0.2) is 13.4 Å². The molecule has 3 rings (SSSR count). The molecule has 0 aliphatic carbocycles. The predicted molar refractivity (Wildman–Crippen MR) is 87.4 cm³/mol. The van der Waals surface area contributed by atoms with Gasteiger partial charge in [-0.3, -0.25) is 4.79 Å². The molecule has 2 aromatic heterocycles. The van der Waals surface area contributed by atoms with Crippen molar-refractivity contribution in [3.63, 3.8) is 0 Å². The molecule has 1 saturated heterocycles. The average molecular weight is 404 g/mol. The van der Waals surface area contributed by atoms with Crippen molar-refractivity contribution in [3.05, 3.63) is 41.8 Å². The summed E-state index contributed by atoms with van der Waals surface area (Å²) in [6, 6.07) is 4.39. The first-order valence-electron chi connectivity index (χ1n) is 7.77. The van der Waals surface area contributed by atoms with E-state index in [1.165, 1.54) is 17.2 Å². The third kappa shape index (κ3) is 3.76. The second-order valence-corrected chi connectivity index (χ2v) is 7.62. The van der Waals surface area contributed by atoms with Crippen LogP contribution in [0.15, 0.2) is 40.0 Å². The number of piperazine rings is 1. The number of carbonyl (C=O) groups excluding carboxylic acids is 1. The number of aromatic nitrogens is 1. The fraction of sp³-hybridized carbons (Fsp3) is 0.333. The van der Waals surface area contributed by atoms with Gasteiger partial charge < -0.3 is 15.1 Å². The molecule has 12 heteroatoms. The van der Waals surface area contributed by atoms with E-state index in [-0.39, 0.29) is 37.8 Å². The quantitative estimate of drug-likeness (QED) is 0.823. The van der Waals surface area contributed by atoms with Crippen molar-refractivity contribution >= 4 is 21.7 Å². The molecule has 2 N–H and O–H groups in total. The maximum atomic E-state index is 13.1. The maximum absolute atomic E-state index is 13.1. The Balaban J connectivity index is 1.77. The fourth-order valence-corrected chi connectivity index (χ4v) is 4.06. The number of carbonyl (C=O) groups is 1. The highest BCUT2D eigenvalue weighted by atomic mass is 32.2. The van der Waals surface area contributed by atoms with Crippen LogP contribution in [0.2, 0.25) is 0 Å². The SMILES string of the molecule is NC(=O)c1ccc(S(=O)(=O)N2CCN(c3ncccc3C(F)(F)F)CC2)o1. The highest BCUT2D eigenvalue weighted by Crippen LogP contribution is 2.35. The summed E-state index contributed by atoms with van der Waals surface area (Å²) in [6.45, 7) is -0.100. The Hall–Kier alpha value is -2.60. The third-order valence-electron chi connectivity index (χ3n) is 4.05. The van der Waals surface area contributed by atoms with Gasteiger partial charge in [0.05, 0.1) is 5.56 Å². The molecule has 0 atom stereocenters. The second-order valence-electron chi connectivity index (χ2n) is 5.75. The lowest BCUT2D eigenvalue weighted by Gasteiger charge is -2.35. The lowest BCUT2D eigenvalue weighted by atomic mass is 10.2. The van der Waals surface area contributed by atoms with Crippen molar-refractivity contribution in [2.45, 2.75) is 11.3 Å². The first kappa shape index (κ1) is 19.2. The molecule has 0 saturated carbocycles. The van der Waals surface area contributed by atoms with Gasteiger partial charge in [-0.1, -0.05) is 0 Å². The number of sulfonamides is 1. The van der Waals surface area contributed by atoms with Gasteiger partial charge in [0, 0.05) is 32.4 Å². The van der Waals surface area contributed by atoms with Crippen LogP contribution in [-0.2, 0) is 16.2 Å². The van der Waals surface area contributed by atoms with Gasteiger partial charge in [-0.2, -0.15) is 17.5 Å². The third-order valence-corrected chi connectivity index (χ3v) is 5.82. The van der Waals surface area contributed by atoms with Crippen molar-refractivity contribution in [2.24, 2.45) is 5.73 Å². The Morgan fingerprint density at radius 2 is 1.81 bits per heavy atom. The van der Waals surface area contributed by atoms with Crippen LogP contribution >= 0.6 is 0 Å². The van der Waals surface area contributed by atoms with Crippen molar-refractivity contribution in [1.82, 2.24) is 9.29 Å². The number of anilines is 1. The van der Waals surface area contributed by atoms with Gasteiger partial charge in [0.15, 0.2) is 5.76 Å². The zero-order valence-corrected chi connectivity index (χ0v) is 14.6. The number of hydrogen-bond acceptors (Lipinski definition) is 6. The lowest BCUT2D eigenvalue weighted by molar-refractivity contribution is -0.137. The maximum Gasteiger partial charge on any atom is 0.419 e. The van der Waals surface area contributed by atoms with Crippen LogP contribution in [0.25, 0.3) is 0 Å². The Morgan fingerprint density at radius 3 is 2.37 bits per heavy atom. The van der Waals surface area contributed by atoms with E-state index in [9.17, 15) is 26.4 Å². The number of amides is 1. The number of halogens is 3. The molecule has 0 spiro atoms. The van der Waals surface area contributed by atoms with Gasteiger partial charge in [0.2, 0.25) is 5.09 Å². The van der Waals surface area contributed by atoms with Gasteiger partial charge in [0.25, 0.3) is 15.9 Å². The molecule has 2 aromatic rings. The van der Waals surface area contributed by atoms with E-state index in [1.54, 1.807) is 0 Å². The van der Waals surface area contributed by atoms with Gasteiger partial charge >= 0.3 is 6.18 Å². The molecule has 0 radical (unpaired) electrons. The molecule has 1 amide bonds. The first-order valence-corrected chi connectivity index (χ1v) is 9.21. The minimum absolute atomic E-state index is 0.0166. The van der Waals surface area contributed by atoms with Crippen molar-refractivity contribution in [1.29, 1.82) is 0 Å². The van der Waals surface area contributed by atoms with E-state index in [0.29, 0.717) is 0 Å². The van der Waals surface area contributed by atoms with Crippen LogP contribution in [0.5, 0.6) is 0 Å². The molecule has 1 aliphatic rings. The smallest absolute Gasteiger partial charge is 0.419 e. The number of pyridine rings is 1. The van der Waals surface area contributed by atoms with Crippen molar-refractivity contribution in [2.75, 3.05) is 31.1 Å². The second kappa shape index (κ2) is 6.85. The Morgan fingerprint density at radius 1 is 1.15 bits per heavy atom. The van der Waals surface area contributed by atoms with E-state index in [0.717, 1.165) is 22.5 Å². The standard InChI is InChI=1S/C15H15F3N4O4S/c16-15(17,18)10-2-1-5-20-14(10)21-6-8-22(9-7-21)27(24,25)12-4-3-11(26-12)13(19)23/h1-5H,6-9H2,(H2,19,23). The number of furan rings is 1. The Labute approximate surface area is 152 Å². The Bertz CT molecular complexity index is 950. The molecular weight excluding hydrogens is 389 g/mol. The number of primary amides is 1. The normalized spacial score (nSPS) is 16.5. The molecule has 27 heavy (non-hydrogen) atoms. The van der Waals surface area contributed by atoms with Gasteiger partial charge in [-0.15, -0.1) is 0 Å². The number of rotatable bonds is 4. The molecule has 3 heterocycles. The minimum atomic E-state index is -4.56. The zero-order chi connectivity index (χ0) is 19.8. The van der Waals surface area contributed by atoms with Gasteiger partial charge in [-0.05, 0) is 24.3 Å². The summed E-state index contributed by atoms with van der Waals surface area (Å²) >= 11 is 0. The molecule has 146 valence electrons. The van der Waals surface area contributed by atoms with E-state index < -0.39 is 32.8 Å². The molecule has 8 nitrogen and oxygen atoms in total. The number of nitrogens with two attached hydrogens (primary N) is 1. The largest absolute Gasteiger partial charge is 0.438 e. The van der Waals surface area contributed by atoms with Gasteiger partial charge in [0.1, 0.15) is 5.82 Å². The van der Waals surface area contributed by atoms with Crippen molar-refractivity contribution in [3.8, 4) is 0 Å². The van der Waals surface area contributed by atoms with E-state index in [4.69, 9.17) is 10.2 Å². The zero-order valence-electron chi connectivity index (χ0n) is 13.8. The Kier molecular flexibility index (Phi) is 4.86. The van der Waals surface area contributed by atoms with E-state index >= 15 is 0 Å². The highest BCUT2D eigenvalue weighted by molar-refractivity contribution is 7.89. The van der Waals surface area contributed by atoms with Crippen LogP contribution in [0.1, 0.15) is 16.1 Å². The minimum Gasteiger partial charge on any atom is -0.438 e. The summed E-state index contributed by atoms with van der Waals surface area (Å²) in [5, 5.41) is -0.446. The number of hydrogen-bond donors (Lipinski definition) is 1. The summed E-state index contributed by atoms with van der Waals surface area (Å²) in [4.78, 5) is 16.2. The van der Waals surface area contributed by atoms with Crippen LogP contribution in [-0.4, -0.2) is 49.8 Å². The van der Waals surface area contributed by atoms with E-state index in [1.807, 2.05) is 0 Å². The predicted octanol–water partition coefficient (Wildman–Crippen LogP) is 1.30. The molecule has 1 fully saturated rings. The summed E-state index contributed by atoms with van der Waals surface area (Å²) in [5.41, 5.74) is 4.16. The van der Waals surface area contributed by atoms with Crippen LogP contribution in [0, 0.1) is 0 Å².